The van der Waals surface area contributed by atoms with Gasteiger partial charge in [0, 0.05) is 18.1 Å². The highest BCUT2D eigenvalue weighted by Crippen LogP contribution is 2.02. The lowest BCUT2D eigenvalue weighted by molar-refractivity contribution is -0.122. The lowest BCUT2D eigenvalue weighted by Gasteiger charge is -2.13. The minimum atomic E-state index is -0.366. The Hall–Kier alpha value is -0.480. The Balaban J connectivity index is 3.51. The monoisotopic (exact) mass is 230 g/mol. The number of rotatable bonds is 8. The predicted molar refractivity (Wildman–Crippen MR) is 68.0 cm³/mol. The van der Waals surface area contributed by atoms with Crippen LogP contribution >= 0.6 is 11.8 Å². The van der Waals surface area contributed by atoms with E-state index in [1.54, 1.807) is 11.8 Å². The van der Waals surface area contributed by atoms with Gasteiger partial charge in [0.15, 0.2) is 0 Å². The molecular formula is C11H22N2OS. The molecule has 0 unspecified atom stereocenters. The first kappa shape index (κ1) is 14.5. The standard InChI is InChI=1S/C11H22N2OS/c1-4-6-15-7-5-13-11(14)10(12)8-9(2)3/h4,9-10H,1,5-8,12H2,2-3H3,(H,13,14)/t10-/m1/s1. The predicted octanol–water partition coefficient (Wildman–Crippen LogP) is 1.40. The van der Waals surface area contributed by atoms with Crippen molar-refractivity contribution in [3.8, 4) is 0 Å². The molecular weight excluding hydrogens is 208 g/mol. The highest BCUT2D eigenvalue weighted by molar-refractivity contribution is 7.99. The van der Waals surface area contributed by atoms with Crippen LogP contribution in [0.2, 0.25) is 0 Å². The molecule has 3 nitrogen and oxygen atoms in total. The lowest BCUT2D eigenvalue weighted by Crippen LogP contribution is -2.42. The Bertz CT molecular complexity index is 195. The fourth-order valence-corrected chi connectivity index (χ4v) is 1.74. The summed E-state index contributed by atoms with van der Waals surface area (Å²) in [6, 6.07) is -0.366. The minimum Gasteiger partial charge on any atom is -0.354 e. The Labute approximate surface area is 96.9 Å². The van der Waals surface area contributed by atoms with E-state index >= 15 is 0 Å². The van der Waals surface area contributed by atoms with Crippen LogP contribution in [0.3, 0.4) is 0 Å². The average Bonchev–Trinajstić information content (AvgIpc) is 2.16. The van der Waals surface area contributed by atoms with Crippen LogP contribution in [-0.4, -0.2) is 30.0 Å². The molecule has 0 saturated carbocycles. The van der Waals surface area contributed by atoms with Crippen molar-refractivity contribution in [1.29, 1.82) is 0 Å². The third kappa shape index (κ3) is 8.51. The van der Waals surface area contributed by atoms with E-state index < -0.39 is 0 Å². The van der Waals surface area contributed by atoms with Gasteiger partial charge in [0.1, 0.15) is 0 Å². The van der Waals surface area contributed by atoms with Crippen molar-refractivity contribution >= 4 is 17.7 Å². The molecule has 88 valence electrons. The van der Waals surface area contributed by atoms with Gasteiger partial charge >= 0.3 is 0 Å². The van der Waals surface area contributed by atoms with Gasteiger partial charge in [-0.25, -0.2) is 0 Å². The zero-order valence-corrected chi connectivity index (χ0v) is 10.5. The highest BCUT2D eigenvalue weighted by Gasteiger charge is 2.13. The highest BCUT2D eigenvalue weighted by atomic mass is 32.2. The van der Waals surface area contributed by atoms with E-state index in [2.05, 4.69) is 25.7 Å². The van der Waals surface area contributed by atoms with Crippen molar-refractivity contribution in [3.63, 3.8) is 0 Å². The van der Waals surface area contributed by atoms with Crippen LogP contribution in [-0.2, 0) is 4.79 Å². The second-order valence-corrected chi connectivity index (χ2v) is 5.04. The van der Waals surface area contributed by atoms with Crippen molar-refractivity contribution in [2.24, 2.45) is 11.7 Å². The van der Waals surface area contributed by atoms with Crippen LogP contribution in [0.15, 0.2) is 12.7 Å². The number of thioether (sulfide) groups is 1. The summed E-state index contributed by atoms with van der Waals surface area (Å²) in [5, 5.41) is 2.83. The van der Waals surface area contributed by atoms with E-state index in [4.69, 9.17) is 5.73 Å². The first-order valence-corrected chi connectivity index (χ1v) is 6.45. The molecule has 0 aromatic carbocycles. The van der Waals surface area contributed by atoms with E-state index in [1.165, 1.54) is 0 Å². The summed E-state index contributed by atoms with van der Waals surface area (Å²) < 4.78 is 0. The molecule has 0 saturated heterocycles. The van der Waals surface area contributed by atoms with Gasteiger partial charge < -0.3 is 11.1 Å². The summed E-state index contributed by atoms with van der Waals surface area (Å²) >= 11 is 1.75. The van der Waals surface area contributed by atoms with Gasteiger partial charge in [0.2, 0.25) is 5.91 Å². The fraction of sp³-hybridized carbons (Fsp3) is 0.727. The third-order valence-corrected chi connectivity index (χ3v) is 2.81. The molecule has 3 N–H and O–H groups in total. The van der Waals surface area contributed by atoms with Gasteiger partial charge in [0.25, 0.3) is 0 Å². The van der Waals surface area contributed by atoms with Crippen molar-refractivity contribution in [1.82, 2.24) is 5.32 Å². The van der Waals surface area contributed by atoms with Crippen LogP contribution in [0, 0.1) is 5.92 Å². The second kappa shape index (κ2) is 8.80. The smallest absolute Gasteiger partial charge is 0.236 e. The van der Waals surface area contributed by atoms with Gasteiger partial charge in [-0.2, -0.15) is 11.8 Å². The first-order chi connectivity index (χ1) is 7.07. The topological polar surface area (TPSA) is 55.1 Å². The molecule has 0 bridgehead atoms. The zero-order chi connectivity index (χ0) is 11.7. The normalized spacial score (nSPS) is 12.5. The number of hydrogen-bond donors (Lipinski definition) is 2. The Kier molecular flexibility index (Phi) is 8.52. The maximum absolute atomic E-state index is 11.4. The van der Waals surface area contributed by atoms with E-state index in [0.717, 1.165) is 17.9 Å². The zero-order valence-electron chi connectivity index (χ0n) is 9.66. The number of nitrogens with one attached hydrogen (secondary N) is 1. The number of amides is 1. The van der Waals surface area contributed by atoms with E-state index in [0.29, 0.717) is 12.5 Å². The maximum atomic E-state index is 11.4. The molecule has 0 aromatic rings. The maximum Gasteiger partial charge on any atom is 0.236 e. The van der Waals surface area contributed by atoms with Crippen LogP contribution in [0.4, 0.5) is 0 Å². The molecule has 1 amide bonds. The van der Waals surface area contributed by atoms with Gasteiger partial charge in [0.05, 0.1) is 6.04 Å². The summed E-state index contributed by atoms with van der Waals surface area (Å²) in [6.07, 6.45) is 2.60. The molecule has 0 aliphatic heterocycles. The van der Waals surface area contributed by atoms with E-state index in [9.17, 15) is 4.79 Å². The molecule has 0 aliphatic rings. The van der Waals surface area contributed by atoms with Crippen LogP contribution in [0.5, 0.6) is 0 Å². The largest absolute Gasteiger partial charge is 0.354 e. The van der Waals surface area contributed by atoms with E-state index in [1.807, 2.05) is 6.08 Å². The molecule has 0 aromatic heterocycles. The lowest BCUT2D eigenvalue weighted by atomic mass is 10.0. The van der Waals surface area contributed by atoms with Crippen molar-refractivity contribution in [3.05, 3.63) is 12.7 Å². The molecule has 0 heterocycles. The summed E-state index contributed by atoms with van der Waals surface area (Å²) in [4.78, 5) is 11.4. The molecule has 0 spiro atoms. The van der Waals surface area contributed by atoms with Crippen molar-refractivity contribution in [2.75, 3.05) is 18.1 Å². The van der Waals surface area contributed by atoms with Crippen LogP contribution in [0.1, 0.15) is 20.3 Å². The molecule has 15 heavy (non-hydrogen) atoms. The van der Waals surface area contributed by atoms with Gasteiger partial charge in [-0.15, -0.1) is 6.58 Å². The Morgan fingerprint density at radius 1 is 1.60 bits per heavy atom. The molecule has 1 atom stereocenters. The SMILES string of the molecule is C=CCSCCNC(=O)[C@H](N)CC(C)C. The van der Waals surface area contributed by atoms with Gasteiger partial charge in [-0.05, 0) is 12.3 Å². The fourth-order valence-electron chi connectivity index (χ4n) is 1.16. The van der Waals surface area contributed by atoms with Gasteiger partial charge in [-0.1, -0.05) is 19.9 Å². The molecule has 0 radical (unpaired) electrons. The summed E-state index contributed by atoms with van der Waals surface area (Å²) in [6.45, 7) is 8.43. The third-order valence-electron chi connectivity index (χ3n) is 1.84. The average molecular weight is 230 g/mol. The molecule has 0 fully saturated rings. The molecule has 0 aliphatic carbocycles. The second-order valence-electron chi connectivity index (χ2n) is 3.89. The molecule has 0 rings (SSSR count). The van der Waals surface area contributed by atoms with Crippen molar-refractivity contribution in [2.45, 2.75) is 26.3 Å². The summed E-state index contributed by atoms with van der Waals surface area (Å²) in [5.41, 5.74) is 5.72. The number of carbonyl (C=O) groups is 1. The quantitative estimate of drug-likeness (QED) is 0.489. The van der Waals surface area contributed by atoms with Crippen LogP contribution < -0.4 is 11.1 Å². The van der Waals surface area contributed by atoms with E-state index in [-0.39, 0.29) is 11.9 Å². The Morgan fingerprint density at radius 2 is 2.27 bits per heavy atom. The Morgan fingerprint density at radius 3 is 2.80 bits per heavy atom. The number of hydrogen-bond acceptors (Lipinski definition) is 3. The summed E-state index contributed by atoms with van der Waals surface area (Å²) in [5.74, 6) is 2.25. The van der Waals surface area contributed by atoms with Crippen LogP contribution in [0.25, 0.3) is 0 Å². The number of nitrogens with two attached hydrogens (primary N) is 1. The number of carbonyl (C=O) groups excluding carboxylic acids is 1. The summed E-state index contributed by atoms with van der Waals surface area (Å²) in [7, 11) is 0. The van der Waals surface area contributed by atoms with Gasteiger partial charge in [-0.3, -0.25) is 4.79 Å². The minimum absolute atomic E-state index is 0.0390. The molecule has 4 heteroatoms. The first-order valence-electron chi connectivity index (χ1n) is 5.29. The van der Waals surface area contributed by atoms with Crippen molar-refractivity contribution < 1.29 is 4.79 Å².